The van der Waals surface area contributed by atoms with Crippen molar-refractivity contribution in [1.82, 2.24) is 5.32 Å². The SMILES string of the molecule is CCOC(=O)c1ccc(NC(=O)COC(=O)[C@@H](CCSC)NC(=O)c2ccccc2)cc1. The van der Waals surface area contributed by atoms with Crippen molar-refractivity contribution in [2.45, 2.75) is 19.4 Å². The summed E-state index contributed by atoms with van der Waals surface area (Å²) in [7, 11) is 0. The van der Waals surface area contributed by atoms with Crippen LogP contribution in [-0.2, 0) is 19.1 Å². The van der Waals surface area contributed by atoms with Crippen LogP contribution in [0.3, 0.4) is 0 Å². The Morgan fingerprint density at radius 1 is 0.938 bits per heavy atom. The average molecular weight is 459 g/mol. The number of carbonyl (C=O) groups is 4. The molecule has 2 aromatic carbocycles. The minimum Gasteiger partial charge on any atom is -0.462 e. The lowest BCUT2D eigenvalue weighted by Crippen LogP contribution is -2.43. The fourth-order valence-corrected chi connectivity index (χ4v) is 3.13. The molecular weight excluding hydrogens is 432 g/mol. The first kappa shape index (κ1) is 24.9. The van der Waals surface area contributed by atoms with E-state index >= 15 is 0 Å². The highest BCUT2D eigenvalue weighted by Crippen LogP contribution is 2.11. The molecule has 1 atom stereocenters. The summed E-state index contributed by atoms with van der Waals surface area (Å²) in [5, 5.41) is 5.25. The number of esters is 2. The van der Waals surface area contributed by atoms with Crippen LogP contribution in [-0.4, -0.2) is 55.0 Å². The van der Waals surface area contributed by atoms with Crippen LogP contribution in [0.25, 0.3) is 0 Å². The lowest BCUT2D eigenvalue weighted by molar-refractivity contribution is -0.149. The molecule has 2 aromatic rings. The lowest BCUT2D eigenvalue weighted by atomic mass is 10.1. The first-order valence-electron chi connectivity index (χ1n) is 10.0. The van der Waals surface area contributed by atoms with Crippen molar-refractivity contribution in [1.29, 1.82) is 0 Å². The van der Waals surface area contributed by atoms with Gasteiger partial charge in [0, 0.05) is 11.3 Å². The molecule has 0 saturated carbocycles. The summed E-state index contributed by atoms with van der Waals surface area (Å²) in [6, 6.07) is 13.8. The number of carbonyl (C=O) groups excluding carboxylic acids is 4. The van der Waals surface area contributed by atoms with Crippen LogP contribution < -0.4 is 10.6 Å². The van der Waals surface area contributed by atoms with E-state index in [1.54, 1.807) is 49.4 Å². The quantitative estimate of drug-likeness (QED) is 0.498. The Morgan fingerprint density at radius 2 is 1.62 bits per heavy atom. The summed E-state index contributed by atoms with van der Waals surface area (Å²) >= 11 is 1.53. The highest BCUT2D eigenvalue weighted by Gasteiger charge is 2.23. The summed E-state index contributed by atoms with van der Waals surface area (Å²) in [6.45, 7) is 1.48. The third kappa shape index (κ3) is 8.07. The molecule has 0 fully saturated rings. The molecule has 0 bridgehead atoms. The van der Waals surface area contributed by atoms with Gasteiger partial charge in [-0.05, 0) is 61.8 Å². The second-order valence-corrected chi connectivity index (χ2v) is 7.61. The highest BCUT2D eigenvalue weighted by molar-refractivity contribution is 7.98. The highest BCUT2D eigenvalue weighted by atomic mass is 32.2. The van der Waals surface area contributed by atoms with E-state index in [1.807, 2.05) is 6.26 Å². The molecule has 2 N–H and O–H groups in total. The molecule has 0 aromatic heterocycles. The molecule has 0 unspecified atom stereocenters. The van der Waals surface area contributed by atoms with Crippen LogP contribution in [0.5, 0.6) is 0 Å². The number of benzene rings is 2. The molecule has 8 nitrogen and oxygen atoms in total. The summed E-state index contributed by atoms with van der Waals surface area (Å²) in [4.78, 5) is 48.7. The Hall–Kier alpha value is -3.33. The van der Waals surface area contributed by atoms with Gasteiger partial charge in [0.25, 0.3) is 11.8 Å². The van der Waals surface area contributed by atoms with Crippen LogP contribution in [0, 0.1) is 0 Å². The third-order valence-electron chi connectivity index (χ3n) is 4.26. The fraction of sp³-hybridized carbons (Fsp3) is 0.304. The topological polar surface area (TPSA) is 111 Å². The molecule has 0 radical (unpaired) electrons. The Bertz CT molecular complexity index is 918. The van der Waals surface area contributed by atoms with Crippen molar-refractivity contribution in [3.8, 4) is 0 Å². The van der Waals surface area contributed by atoms with Gasteiger partial charge in [-0.1, -0.05) is 18.2 Å². The number of hydrogen-bond donors (Lipinski definition) is 2. The summed E-state index contributed by atoms with van der Waals surface area (Å²) in [6.07, 6.45) is 2.26. The first-order valence-corrected chi connectivity index (χ1v) is 11.4. The van der Waals surface area contributed by atoms with Gasteiger partial charge in [-0.25, -0.2) is 9.59 Å². The van der Waals surface area contributed by atoms with Gasteiger partial charge >= 0.3 is 11.9 Å². The number of rotatable bonds is 11. The largest absolute Gasteiger partial charge is 0.462 e. The number of ether oxygens (including phenoxy) is 2. The van der Waals surface area contributed by atoms with Crippen LogP contribution in [0.15, 0.2) is 54.6 Å². The van der Waals surface area contributed by atoms with Crippen molar-refractivity contribution in [2.24, 2.45) is 0 Å². The van der Waals surface area contributed by atoms with Crippen LogP contribution >= 0.6 is 11.8 Å². The summed E-state index contributed by atoms with van der Waals surface area (Å²) < 4.78 is 10.0. The van der Waals surface area contributed by atoms with E-state index in [0.717, 1.165) is 0 Å². The second-order valence-electron chi connectivity index (χ2n) is 6.63. The predicted molar refractivity (Wildman–Crippen MR) is 123 cm³/mol. The minimum absolute atomic E-state index is 0.270. The van der Waals surface area contributed by atoms with Gasteiger partial charge in [-0.15, -0.1) is 0 Å². The van der Waals surface area contributed by atoms with E-state index in [-0.39, 0.29) is 12.5 Å². The molecule has 0 aliphatic carbocycles. The van der Waals surface area contributed by atoms with Gasteiger partial charge in [0.1, 0.15) is 6.04 Å². The Morgan fingerprint density at radius 3 is 2.25 bits per heavy atom. The molecule has 170 valence electrons. The van der Waals surface area contributed by atoms with Crippen molar-refractivity contribution >= 4 is 41.2 Å². The van der Waals surface area contributed by atoms with Crippen LogP contribution in [0.1, 0.15) is 34.1 Å². The third-order valence-corrected chi connectivity index (χ3v) is 4.91. The van der Waals surface area contributed by atoms with E-state index in [4.69, 9.17) is 9.47 Å². The van der Waals surface area contributed by atoms with Gasteiger partial charge in [-0.2, -0.15) is 11.8 Å². The minimum atomic E-state index is -0.869. The maximum Gasteiger partial charge on any atom is 0.338 e. The number of anilines is 1. The molecule has 0 heterocycles. The van der Waals surface area contributed by atoms with E-state index in [9.17, 15) is 19.2 Å². The number of nitrogens with one attached hydrogen (secondary N) is 2. The first-order chi connectivity index (χ1) is 15.4. The van der Waals surface area contributed by atoms with Gasteiger partial charge < -0.3 is 20.1 Å². The van der Waals surface area contributed by atoms with E-state index in [2.05, 4.69) is 10.6 Å². The molecule has 32 heavy (non-hydrogen) atoms. The summed E-state index contributed by atoms with van der Waals surface area (Å²) in [5.41, 5.74) is 1.23. The maximum absolute atomic E-state index is 12.5. The standard InChI is InChI=1S/C23H26N2O6S/c1-3-30-22(28)17-9-11-18(12-10-17)24-20(26)15-31-23(29)19(13-14-32-2)25-21(27)16-7-5-4-6-8-16/h4-12,19H,3,13-15H2,1-2H3,(H,24,26)(H,25,27)/t19-/m1/s1. The average Bonchev–Trinajstić information content (AvgIpc) is 2.81. The molecule has 0 aliphatic heterocycles. The van der Waals surface area contributed by atoms with Crippen LogP contribution in [0.4, 0.5) is 5.69 Å². The number of thioether (sulfide) groups is 1. The predicted octanol–water partition coefficient (Wildman–Crippen LogP) is 2.90. The molecule has 2 rings (SSSR count). The lowest BCUT2D eigenvalue weighted by Gasteiger charge is -2.17. The maximum atomic E-state index is 12.5. The Kier molecular flexibility index (Phi) is 10.3. The van der Waals surface area contributed by atoms with E-state index in [0.29, 0.717) is 29.0 Å². The van der Waals surface area contributed by atoms with Gasteiger partial charge in [0.15, 0.2) is 6.61 Å². The van der Waals surface area contributed by atoms with E-state index < -0.39 is 30.5 Å². The van der Waals surface area contributed by atoms with Gasteiger partial charge in [0.2, 0.25) is 0 Å². The second kappa shape index (κ2) is 13.2. The van der Waals surface area contributed by atoms with Crippen molar-refractivity contribution in [2.75, 3.05) is 30.5 Å². The smallest absolute Gasteiger partial charge is 0.338 e. The van der Waals surface area contributed by atoms with Crippen molar-refractivity contribution < 1.29 is 28.7 Å². The summed E-state index contributed by atoms with van der Waals surface area (Å²) in [5.74, 6) is -1.43. The molecule has 0 spiro atoms. The zero-order valence-electron chi connectivity index (χ0n) is 18.0. The monoisotopic (exact) mass is 458 g/mol. The molecule has 9 heteroatoms. The normalized spacial score (nSPS) is 11.2. The molecule has 2 amide bonds. The Labute approximate surface area is 191 Å². The van der Waals surface area contributed by atoms with Gasteiger partial charge in [0.05, 0.1) is 12.2 Å². The van der Waals surface area contributed by atoms with E-state index in [1.165, 1.54) is 23.9 Å². The zero-order chi connectivity index (χ0) is 23.3. The Balaban J connectivity index is 1.88. The number of amides is 2. The van der Waals surface area contributed by atoms with Crippen molar-refractivity contribution in [3.63, 3.8) is 0 Å². The molecule has 0 aliphatic rings. The fourth-order valence-electron chi connectivity index (χ4n) is 2.65. The van der Waals surface area contributed by atoms with Crippen LogP contribution in [0.2, 0.25) is 0 Å². The number of hydrogen-bond acceptors (Lipinski definition) is 7. The zero-order valence-corrected chi connectivity index (χ0v) is 18.8. The molecular formula is C23H26N2O6S. The molecule has 0 saturated heterocycles. The van der Waals surface area contributed by atoms with Crippen molar-refractivity contribution in [3.05, 3.63) is 65.7 Å². The van der Waals surface area contributed by atoms with Gasteiger partial charge in [-0.3, -0.25) is 9.59 Å².